The van der Waals surface area contributed by atoms with Gasteiger partial charge in [0, 0.05) is 10.00 Å². The van der Waals surface area contributed by atoms with Gasteiger partial charge in [0.15, 0.2) is 0 Å². The van der Waals surface area contributed by atoms with E-state index in [2.05, 4.69) is 41.5 Å². The normalized spacial score (nSPS) is 17.5. The summed E-state index contributed by atoms with van der Waals surface area (Å²) in [6.07, 6.45) is 1.29. The number of hydrogen-bond donors (Lipinski definition) is 0. The van der Waals surface area contributed by atoms with Gasteiger partial charge in [-0.25, -0.2) is 0 Å². The lowest BCUT2D eigenvalue weighted by Crippen LogP contribution is -2.11. The zero-order valence-corrected chi connectivity index (χ0v) is 10.8. The van der Waals surface area contributed by atoms with E-state index in [0.29, 0.717) is 4.75 Å². The third-order valence-corrected chi connectivity index (χ3v) is 5.96. The Labute approximate surface area is 85.7 Å². The van der Waals surface area contributed by atoms with Gasteiger partial charge in [-0.05, 0) is 5.92 Å². The minimum absolute atomic E-state index is 0.395. The van der Waals surface area contributed by atoms with Crippen LogP contribution in [-0.2, 0) is 0 Å². The molecule has 0 aromatic carbocycles. The molecule has 12 heavy (non-hydrogen) atoms. The molecule has 0 nitrogen and oxygen atoms in total. The molecule has 0 amide bonds. The van der Waals surface area contributed by atoms with Gasteiger partial charge < -0.3 is 0 Å². The van der Waals surface area contributed by atoms with E-state index in [0.717, 1.165) is 11.2 Å². The molecule has 0 spiro atoms. The molecule has 0 aromatic rings. The maximum atomic E-state index is 2.33. The molecule has 2 heteroatoms. The lowest BCUT2D eigenvalue weighted by Gasteiger charge is -2.22. The molecule has 0 heterocycles. The summed E-state index contributed by atoms with van der Waals surface area (Å²) in [5.74, 6) is 0.838. The van der Waals surface area contributed by atoms with Crippen molar-refractivity contribution in [2.45, 2.75) is 58.0 Å². The van der Waals surface area contributed by atoms with Crippen molar-refractivity contribution >= 4 is 21.6 Å². The zero-order chi connectivity index (χ0) is 9.78. The van der Waals surface area contributed by atoms with Crippen LogP contribution < -0.4 is 0 Å². The van der Waals surface area contributed by atoms with E-state index in [1.165, 1.54) is 6.42 Å². The Balaban J connectivity index is 3.64. The second kappa shape index (κ2) is 5.43. The van der Waals surface area contributed by atoms with Gasteiger partial charge in [0.25, 0.3) is 0 Å². The molecule has 2 atom stereocenters. The Morgan fingerprint density at radius 3 is 2.00 bits per heavy atom. The SMILES string of the molecule is CCC(C)C(C)SSC(C)(C)C. The molecule has 0 aliphatic rings. The van der Waals surface area contributed by atoms with Crippen molar-refractivity contribution in [2.24, 2.45) is 5.92 Å². The van der Waals surface area contributed by atoms with Crippen LogP contribution in [0.5, 0.6) is 0 Å². The predicted molar refractivity (Wildman–Crippen MR) is 63.9 cm³/mol. The molecule has 0 radical (unpaired) electrons. The van der Waals surface area contributed by atoms with E-state index in [1.807, 2.05) is 21.6 Å². The fourth-order valence-electron chi connectivity index (χ4n) is 0.647. The lowest BCUT2D eigenvalue weighted by molar-refractivity contribution is 0.559. The van der Waals surface area contributed by atoms with E-state index in [9.17, 15) is 0 Å². The van der Waals surface area contributed by atoms with Gasteiger partial charge in [-0.2, -0.15) is 0 Å². The van der Waals surface area contributed by atoms with Gasteiger partial charge in [0.2, 0.25) is 0 Å². The fraction of sp³-hybridized carbons (Fsp3) is 1.00. The van der Waals surface area contributed by atoms with Crippen LogP contribution in [0.1, 0.15) is 48.0 Å². The summed E-state index contributed by atoms with van der Waals surface area (Å²) >= 11 is 0. The molecular formula is C10H22S2. The maximum Gasteiger partial charge on any atom is 0.0179 e. The van der Waals surface area contributed by atoms with Gasteiger partial charge in [-0.1, -0.05) is 69.6 Å². The summed E-state index contributed by atoms with van der Waals surface area (Å²) in [5, 5.41) is 0.777. The summed E-state index contributed by atoms with van der Waals surface area (Å²) in [4.78, 5) is 0. The Hall–Kier alpha value is 0.700. The monoisotopic (exact) mass is 206 g/mol. The first-order chi connectivity index (χ1) is 5.37. The zero-order valence-electron chi connectivity index (χ0n) is 9.18. The molecule has 0 aliphatic carbocycles. The van der Waals surface area contributed by atoms with Crippen molar-refractivity contribution in [1.82, 2.24) is 0 Å². The van der Waals surface area contributed by atoms with Gasteiger partial charge in [-0.15, -0.1) is 0 Å². The molecule has 0 saturated carbocycles. The van der Waals surface area contributed by atoms with Crippen molar-refractivity contribution in [1.29, 1.82) is 0 Å². The van der Waals surface area contributed by atoms with Crippen LogP contribution in [0.2, 0.25) is 0 Å². The second-order valence-electron chi connectivity index (χ2n) is 4.38. The summed E-state index contributed by atoms with van der Waals surface area (Å²) in [5.41, 5.74) is 0. The Bertz CT molecular complexity index is 115. The quantitative estimate of drug-likeness (QED) is 0.617. The molecule has 0 aromatic heterocycles. The summed E-state index contributed by atoms with van der Waals surface area (Å²) in [7, 11) is 4.03. The molecule has 2 unspecified atom stereocenters. The van der Waals surface area contributed by atoms with Crippen molar-refractivity contribution in [3.63, 3.8) is 0 Å². The van der Waals surface area contributed by atoms with Crippen LogP contribution in [0, 0.1) is 5.92 Å². The van der Waals surface area contributed by atoms with Crippen LogP contribution in [0.25, 0.3) is 0 Å². The lowest BCUT2D eigenvalue weighted by atomic mass is 10.1. The Morgan fingerprint density at radius 2 is 1.67 bits per heavy atom. The van der Waals surface area contributed by atoms with Gasteiger partial charge in [0.05, 0.1) is 0 Å². The minimum Gasteiger partial charge on any atom is -0.0902 e. The highest BCUT2D eigenvalue weighted by Gasteiger charge is 2.16. The average molecular weight is 206 g/mol. The highest BCUT2D eigenvalue weighted by molar-refractivity contribution is 8.77. The van der Waals surface area contributed by atoms with Gasteiger partial charge in [0.1, 0.15) is 0 Å². The fourth-order valence-corrected chi connectivity index (χ4v) is 3.36. The van der Waals surface area contributed by atoms with Gasteiger partial charge >= 0.3 is 0 Å². The standard InChI is InChI=1S/C10H22S2/c1-7-8(2)9(3)11-12-10(4,5)6/h8-9H,7H2,1-6H3. The average Bonchev–Trinajstić information content (AvgIpc) is 1.97. The van der Waals surface area contributed by atoms with Crippen LogP contribution in [-0.4, -0.2) is 10.00 Å². The summed E-state index contributed by atoms with van der Waals surface area (Å²) in [6.45, 7) is 13.7. The van der Waals surface area contributed by atoms with Crippen LogP contribution >= 0.6 is 21.6 Å². The van der Waals surface area contributed by atoms with Crippen LogP contribution in [0.3, 0.4) is 0 Å². The molecule has 0 saturated heterocycles. The smallest absolute Gasteiger partial charge is 0.0179 e. The van der Waals surface area contributed by atoms with E-state index in [-0.39, 0.29) is 0 Å². The first kappa shape index (κ1) is 12.7. The molecule has 0 aliphatic heterocycles. The molecule has 0 bridgehead atoms. The van der Waals surface area contributed by atoms with Crippen molar-refractivity contribution in [3.05, 3.63) is 0 Å². The number of rotatable bonds is 4. The molecule has 0 rings (SSSR count). The minimum atomic E-state index is 0.395. The van der Waals surface area contributed by atoms with Crippen molar-refractivity contribution in [2.75, 3.05) is 0 Å². The Morgan fingerprint density at radius 1 is 1.17 bits per heavy atom. The highest BCUT2D eigenvalue weighted by Crippen LogP contribution is 2.40. The highest BCUT2D eigenvalue weighted by atomic mass is 33.1. The van der Waals surface area contributed by atoms with Gasteiger partial charge in [-0.3, -0.25) is 0 Å². The van der Waals surface area contributed by atoms with Crippen molar-refractivity contribution in [3.8, 4) is 0 Å². The largest absolute Gasteiger partial charge is 0.0902 e. The topological polar surface area (TPSA) is 0 Å². The van der Waals surface area contributed by atoms with Crippen LogP contribution in [0.4, 0.5) is 0 Å². The van der Waals surface area contributed by atoms with E-state index in [1.54, 1.807) is 0 Å². The third-order valence-electron chi connectivity index (χ3n) is 1.90. The number of hydrogen-bond acceptors (Lipinski definition) is 2. The van der Waals surface area contributed by atoms with E-state index in [4.69, 9.17) is 0 Å². The molecular weight excluding hydrogens is 184 g/mol. The summed E-state index contributed by atoms with van der Waals surface area (Å²) < 4.78 is 0.395. The third kappa shape index (κ3) is 6.24. The molecule has 74 valence electrons. The van der Waals surface area contributed by atoms with Crippen molar-refractivity contribution < 1.29 is 0 Å². The molecule has 0 N–H and O–H groups in total. The van der Waals surface area contributed by atoms with E-state index >= 15 is 0 Å². The van der Waals surface area contributed by atoms with Crippen LogP contribution in [0.15, 0.2) is 0 Å². The Kier molecular flexibility index (Phi) is 5.75. The molecule has 0 fully saturated rings. The first-order valence-electron chi connectivity index (χ1n) is 4.71. The second-order valence-corrected chi connectivity index (χ2v) is 7.79. The maximum absolute atomic E-state index is 2.33. The predicted octanol–water partition coefficient (Wildman–Crippen LogP) is 4.60. The summed E-state index contributed by atoms with van der Waals surface area (Å²) in [6, 6.07) is 0. The first-order valence-corrected chi connectivity index (χ1v) is 6.92. The van der Waals surface area contributed by atoms with E-state index < -0.39 is 0 Å².